The summed E-state index contributed by atoms with van der Waals surface area (Å²) in [5, 5.41) is 15.0. The van der Waals surface area contributed by atoms with Crippen LogP contribution < -0.4 is 16.0 Å². The zero-order valence-electron chi connectivity index (χ0n) is 14.8. The Morgan fingerprint density at radius 3 is 2.29 bits per heavy atom. The molecule has 3 amide bonds. The van der Waals surface area contributed by atoms with Crippen LogP contribution in [0.5, 0.6) is 0 Å². The number of carbonyl (C=O) groups is 2. The Labute approximate surface area is 171 Å². The standard InChI is InChI=1S/C19H19N5O2S2/c25-16(20-12-14-9-5-2-6-10-14)15(11-13-7-3-1-4-8-13)21-17(26)22-18-23-24-19(27)28-18/h1-10,15H,11-12H2,(H,20,25)(H,24,27)(H2,21,22,23,26)/t15-/m0/s1. The lowest BCUT2D eigenvalue weighted by Crippen LogP contribution is -2.49. The average Bonchev–Trinajstić information content (AvgIpc) is 3.11. The number of nitrogens with one attached hydrogen (secondary N) is 4. The van der Waals surface area contributed by atoms with E-state index < -0.39 is 12.1 Å². The number of urea groups is 1. The van der Waals surface area contributed by atoms with Gasteiger partial charge < -0.3 is 10.6 Å². The smallest absolute Gasteiger partial charge is 0.321 e. The van der Waals surface area contributed by atoms with E-state index in [0.29, 0.717) is 22.1 Å². The summed E-state index contributed by atoms with van der Waals surface area (Å²) in [6.45, 7) is 0.384. The highest BCUT2D eigenvalue weighted by molar-refractivity contribution is 7.73. The summed E-state index contributed by atoms with van der Waals surface area (Å²) in [4.78, 5) is 25.0. The number of hydrogen-bond acceptors (Lipinski definition) is 5. The summed E-state index contributed by atoms with van der Waals surface area (Å²) in [6.07, 6.45) is 0.366. The number of nitrogens with zero attached hydrogens (tertiary/aromatic N) is 1. The van der Waals surface area contributed by atoms with Crippen molar-refractivity contribution in [2.75, 3.05) is 5.32 Å². The van der Waals surface area contributed by atoms with Crippen molar-refractivity contribution in [1.82, 2.24) is 20.8 Å². The first-order valence-corrected chi connectivity index (χ1v) is 9.81. The first-order chi connectivity index (χ1) is 13.6. The second-order valence-corrected chi connectivity index (χ2v) is 7.63. The summed E-state index contributed by atoms with van der Waals surface area (Å²) in [7, 11) is 0. The Bertz CT molecular complexity index is 973. The number of hydrogen-bond donors (Lipinski definition) is 4. The number of amides is 3. The number of anilines is 1. The zero-order valence-corrected chi connectivity index (χ0v) is 16.5. The zero-order chi connectivity index (χ0) is 19.8. The summed E-state index contributed by atoms with van der Waals surface area (Å²) >= 11 is 6.09. The predicted octanol–water partition coefficient (Wildman–Crippen LogP) is 3.25. The molecule has 28 heavy (non-hydrogen) atoms. The van der Waals surface area contributed by atoms with Crippen LogP contribution >= 0.6 is 23.6 Å². The number of aromatic amines is 1. The highest BCUT2D eigenvalue weighted by atomic mass is 32.1. The molecule has 0 unspecified atom stereocenters. The normalized spacial score (nSPS) is 11.4. The van der Waals surface area contributed by atoms with Gasteiger partial charge in [-0.05, 0) is 23.3 Å². The first kappa shape index (κ1) is 19.7. The Morgan fingerprint density at radius 1 is 1.04 bits per heavy atom. The highest BCUT2D eigenvalue weighted by Gasteiger charge is 2.21. The average molecular weight is 414 g/mol. The van der Waals surface area contributed by atoms with Crippen LogP contribution in [-0.4, -0.2) is 28.2 Å². The maximum Gasteiger partial charge on any atom is 0.321 e. The lowest BCUT2D eigenvalue weighted by molar-refractivity contribution is -0.123. The maximum absolute atomic E-state index is 12.7. The molecule has 0 radical (unpaired) electrons. The van der Waals surface area contributed by atoms with Crippen LogP contribution in [-0.2, 0) is 17.8 Å². The van der Waals surface area contributed by atoms with E-state index in [1.54, 1.807) is 0 Å². The molecule has 1 aromatic heterocycles. The van der Waals surface area contributed by atoms with Gasteiger partial charge in [0.2, 0.25) is 11.0 Å². The summed E-state index contributed by atoms with van der Waals surface area (Å²) < 4.78 is 0.455. The van der Waals surface area contributed by atoms with Crippen molar-refractivity contribution in [3.63, 3.8) is 0 Å². The molecule has 2 aromatic carbocycles. The number of benzene rings is 2. The lowest BCUT2D eigenvalue weighted by atomic mass is 10.1. The van der Waals surface area contributed by atoms with E-state index in [1.807, 2.05) is 60.7 Å². The topological polar surface area (TPSA) is 98.9 Å². The third-order valence-corrected chi connectivity index (χ3v) is 4.88. The minimum atomic E-state index is -0.738. The van der Waals surface area contributed by atoms with Gasteiger partial charge in [-0.25, -0.2) is 4.79 Å². The number of carbonyl (C=O) groups excluding carboxylic acids is 2. The Kier molecular flexibility index (Phi) is 6.88. The molecule has 0 bridgehead atoms. The van der Waals surface area contributed by atoms with Crippen molar-refractivity contribution in [3.05, 3.63) is 75.7 Å². The maximum atomic E-state index is 12.7. The van der Waals surface area contributed by atoms with E-state index >= 15 is 0 Å². The van der Waals surface area contributed by atoms with Crippen LogP contribution in [0.3, 0.4) is 0 Å². The monoisotopic (exact) mass is 413 g/mol. The SMILES string of the molecule is O=C(Nc1n[nH]c(=S)s1)N[C@@H](Cc1ccccc1)C(=O)NCc1ccccc1. The number of rotatable bonds is 7. The molecule has 0 saturated carbocycles. The Balaban J connectivity index is 1.65. The van der Waals surface area contributed by atoms with Crippen molar-refractivity contribution in [2.45, 2.75) is 19.0 Å². The van der Waals surface area contributed by atoms with Gasteiger partial charge in [0.25, 0.3) is 0 Å². The van der Waals surface area contributed by atoms with E-state index in [-0.39, 0.29) is 5.91 Å². The van der Waals surface area contributed by atoms with Crippen molar-refractivity contribution >= 4 is 40.6 Å². The molecule has 7 nitrogen and oxygen atoms in total. The Morgan fingerprint density at radius 2 is 1.68 bits per heavy atom. The van der Waals surface area contributed by atoms with Crippen LogP contribution in [0, 0.1) is 3.95 Å². The molecular weight excluding hydrogens is 394 g/mol. The molecule has 0 saturated heterocycles. The minimum Gasteiger partial charge on any atom is -0.350 e. The van der Waals surface area contributed by atoms with E-state index in [1.165, 1.54) is 0 Å². The van der Waals surface area contributed by atoms with E-state index in [4.69, 9.17) is 12.2 Å². The van der Waals surface area contributed by atoms with Crippen molar-refractivity contribution in [3.8, 4) is 0 Å². The fourth-order valence-corrected chi connectivity index (χ4v) is 3.33. The summed E-state index contributed by atoms with van der Waals surface area (Å²) in [5.41, 5.74) is 1.92. The number of aromatic nitrogens is 2. The molecule has 0 spiro atoms. The summed E-state index contributed by atoms with van der Waals surface area (Å²) in [5.74, 6) is -0.266. The molecule has 0 aliphatic heterocycles. The highest BCUT2D eigenvalue weighted by Crippen LogP contribution is 2.11. The van der Waals surface area contributed by atoms with Gasteiger partial charge in [0, 0.05) is 13.0 Å². The molecule has 1 atom stereocenters. The molecule has 9 heteroatoms. The van der Waals surface area contributed by atoms with Crippen LogP contribution in [0.2, 0.25) is 0 Å². The molecule has 0 aliphatic rings. The van der Waals surface area contributed by atoms with Gasteiger partial charge in [-0.1, -0.05) is 72.0 Å². The fraction of sp³-hybridized carbons (Fsp3) is 0.158. The van der Waals surface area contributed by atoms with Gasteiger partial charge in [0.1, 0.15) is 6.04 Å². The second kappa shape index (κ2) is 9.77. The first-order valence-electron chi connectivity index (χ1n) is 8.59. The van der Waals surface area contributed by atoms with E-state index in [0.717, 1.165) is 22.5 Å². The van der Waals surface area contributed by atoms with Gasteiger partial charge in [-0.3, -0.25) is 15.2 Å². The third-order valence-electron chi connectivity index (χ3n) is 3.87. The minimum absolute atomic E-state index is 0.266. The molecule has 4 N–H and O–H groups in total. The second-order valence-electron chi connectivity index (χ2n) is 5.96. The van der Waals surface area contributed by atoms with E-state index in [2.05, 4.69) is 26.1 Å². The Hall–Kier alpha value is -3.04. The van der Waals surface area contributed by atoms with Crippen molar-refractivity contribution < 1.29 is 9.59 Å². The summed E-state index contributed by atoms with van der Waals surface area (Å²) in [6, 6.07) is 17.9. The van der Waals surface area contributed by atoms with Gasteiger partial charge in [-0.2, -0.15) is 0 Å². The van der Waals surface area contributed by atoms with E-state index in [9.17, 15) is 9.59 Å². The molecular formula is C19H19N5O2S2. The quantitative estimate of drug-likeness (QED) is 0.447. The predicted molar refractivity (Wildman–Crippen MR) is 112 cm³/mol. The number of H-pyrrole nitrogens is 1. The largest absolute Gasteiger partial charge is 0.350 e. The van der Waals surface area contributed by atoms with Gasteiger partial charge in [-0.15, -0.1) is 5.10 Å². The van der Waals surface area contributed by atoms with Crippen molar-refractivity contribution in [2.24, 2.45) is 0 Å². The van der Waals surface area contributed by atoms with Crippen LogP contribution in [0.4, 0.5) is 9.93 Å². The van der Waals surface area contributed by atoms with Crippen LogP contribution in [0.25, 0.3) is 0 Å². The van der Waals surface area contributed by atoms with Crippen LogP contribution in [0.1, 0.15) is 11.1 Å². The van der Waals surface area contributed by atoms with Crippen LogP contribution in [0.15, 0.2) is 60.7 Å². The third kappa shape index (κ3) is 6.00. The molecule has 3 aromatic rings. The van der Waals surface area contributed by atoms with Crippen molar-refractivity contribution in [1.29, 1.82) is 0 Å². The fourth-order valence-electron chi connectivity index (χ4n) is 2.54. The molecule has 0 aliphatic carbocycles. The van der Waals surface area contributed by atoms with Gasteiger partial charge in [0.05, 0.1) is 0 Å². The van der Waals surface area contributed by atoms with Gasteiger partial charge in [0.15, 0.2) is 3.95 Å². The van der Waals surface area contributed by atoms with Gasteiger partial charge >= 0.3 is 6.03 Å². The molecule has 1 heterocycles. The molecule has 144 valence electrons. The molecule has 3 rings (SSSR count). The molecule has 0 fully saturated rings. The lowest BCUT2D eigenvalue weighted by Gasteiger charge is -2.18.